The summed E-state index contributed by atoms with van der Waals surface area (Å²) in [5, 5.41) is 17.5. The molecule has 4 nitrogen and oxygen atoms in total. The summed E-state index contributed by atoms with van der Waals surface area (Å²) >= 11 is 0. The van der Waals surface area contributed by atoms with E-state index in [0.717, 1.165) is 6.29 Å². The van der Waals surface area contributed by atoms with Crippen LogP contribution < -0.4 is 0 Å². The van der Waals surface area contributed by atoms with Crippen molar-refractivity contribution in [2.75, 3.05) is 6.61 Å². The number of aliphatic hydroxyl groups excluding tert-OH is 2. The highest BCUT2D eigenvalue weighted by atomic mass is 16.3. The van der Waals surface area contributed by atoms with E-state index in [-0.39, 0.29) is 6.61 Å². The molecule has 0 aliphatic heterocycles. The summed E-state index contributed by atoms with van der Waals surface area (Å²) in [7, 11) is 0. The van der Waals surface area contributed by atoms with E-state index in [1.54, 1.807) is 0 Å². The van der Waals surface area contributed by atoms with Gasteiger partial charge in [-0.15, -0.1) is 0 Å². The Kier molecular flexibility index (Phi) is 7.71. The zero-order valence-electron chi connectivity index (χ0n) is 7.90. The molecule has 0 aromatic rings. The number of hydrogen-bond acceptors (Lipinski definition) is 4. The maximum atomic E-state index is 11.0. The maximum Gasteiger partial charge on any atom is 0.233 e. The quantitative estimate of drug-likeness (QED) is 0.265. The first-order chi connectivity index (χ1) is 6.72. The minimum atomic E-state index is -1.10. The minimum Gasteiger partial charge on any atom is -0.384 e. The molecule has 0 spiro atoms. The van der Waals surface area contributed by atoms with E-state index in [9.17, 15) is 14.7 Å². The van der Waals surface area contributed by atoms with Gasteiger partial charge in [0.2, 0.25) is 5.78 Å². The Balaban J connectivity index is 3.67. The summed E-state index contributed by atoms with van der Waals surface area (Å²) in [6.45, 7) is -0.385. The Hall–Kier alpha value is -1.18. The summed E-state index contributed by atoms with van der Waals surface area (Å²) in [5.74, 6) is 3.71. The number of ketones is 1. The molecule has 0 saturated carbocycles. The Bertz CT molecular complexity index is 236. The van der Waals surface area contributed by atoms with E-state index in [1.165, 1.54) is 0 Å². The normalized spacial score (nSPS) is 11.3. The molecular formula is C10H14O4. The molecule has 0 amide bonds. The lowest BCUT2D eigenvalue weighted by Gasteiger charge is -2.03. The van der Waals surface area contributed by atoms with Gasteiger partial charge in [0.25, 0.3) is 0 Å². The largest absolute Gasteiger partial charge is 0.384 e. The SMILES string of the molecule is O=CCCCCC(O)C(=O)C#CCO. The number of aldehydes is 1. The Morgan fingerprint density at radius 1 is 1.43 bits per heavy atom. The van der Waals surface area contributed by atoms with Gasteiger partial charge in [0, 0.05) is 6.42 Å². The van der Waals surface area contributed by atoms with Crippen LogP contribution in [0.4, 0.5) is 0 Å². The minimum absolute atomic E-state index is 0.312. The van der Waals surface area contributed by atoms with Gasteiger partial charge in [-0.25, -0.2) is 0 Å². The zero-order valence-corrected chi connectivity index (χ0v) is 7.90. The maximum absolute atomic E-state index is 11.0. The van der Waals surface area contributed by atoms with E-state index < -0.39 is 11.9 Å². The van der Waals surface area contributed by atoms with Crippen molar-refractivity contribution in [3.8, 4) is 11.8 Å². The molecule has 0 rings (SSSR count). The number of rotatable bonds is 6. The van der Waals surface area contributed by atoms with E-state index in [1.807, 2.05) is 0 Å². The van der Waals surface area contributed by atoms with Crippen molar-refractivity contribution < 1.29 is 19.8 Å². The third-order valence-corrected chi connectivity index (χ3v) is 1.64. The van der Waals surface area contributed by atoms with Crippen molar-refractivity contribution in [1.82, 2.24) is 0 Å². The summed E-state index contributed by atoms with van der Waals surface area (Å²) in [6.07, 6.45) is 1.75. The van der Waals surface area contributed by atoms with Gasteiger partial charge in [-0.2, -0.15) is 0 Å². The fourth-order valence-corrected chi connectivity index (χ4v) is 0.906. The van der Waals surface area contributed by atoms with Crippen molar-refractivity contribution in [2.24, 2.45) is 0 Å². The van der Waals surface area contributed by atoms with Gasteiger partial charge in [0.15, 0.2) is 0 Å². The molecular weight excluding hydrogens is 184 g/mol. The van der Waals surface area contributed by atoms with Crippen molar-refractivity contribution in [3.63, 3.8) is 0 Å². The number of carbonyl (C=O) groups excluding carboxylic acids is 2. The molecule has 78 valence electrons. The topological polar surface area (TPSA) is 74.6 Å². The number of unbranched alkanes of at least 4 members (excludes halogenated alkanes) is 2. The average molecular weight is 198 g/mol. The highest BCUT2D eigenvalue weighted by Crippen LogP contribution is 2.03. The second-order valence-electron chi connectivity index (χ2n) is 2.79. The average Bonchev–Trinajstić information content (AvgIpc) is 2.20. The summed E-state index contributed by atoms with van der Waals surface area (Å²) in [5.41, 5.74) is 0. The van der Waals surface area contributed by atoms with Crippen LogP contribution in [0.3, 0.4) is 0 Å². The lowest BCUT2D eigenvalue weighted by Crippen LogP contribution is -2.18. The smallest absolute Gasteiger partial charge is 0.233 e. The number of carbonyl (C=O) groups is 2. The molecule has 0 bridgehead atoms. The lowest BCUT2D eigenvalue weighted by atomic mass is 10.1. The number of hydrogen-bond donors (Lipinski definition) is 2. The van der Waals surface area contributed by atoms with Crippen molar-refractivity contribution in [3.05, 3.63) is 0 Å². The van der Waals surface area contributed by atoms with Crippen LogP contribution in [0.2, 0.25) is 0 Å². The highest BCUT2D eigenvalue weighted by molar-refractivity contribution is 5.98. The molecule has 0 fully saturated rings. The summed E-state index contributed by atoms with van der Waals surface area (Å²) in [4.78, 5) is 20.9. The standard InChI is InChI=1S/C10H14O4/c11-7-3-1-2-5-9(13)10(14)6-4-8-12/h7,9,12-13H,1-3,5,8H2. The predicted octanol–water partition coefficient (Wildman–Crippen LogP) is -0.329. The molecule has 2 N–H and O–H groups in total. The molecule has 1 unspecified atom stereocenters. The fraction of sp³-hybridized carbons (Fsp3) is 0.600. The number of Topliss-reactive ketones (excluding diaryl/α,β-unsaturated/α-hetero) is 1. The van der Waals surface area contributed by atoms with Gasteiger partial charge in [0.1, 0.15) is 19.0 Å². The van der Waals surface area contributed by atoms with Crippen LogP contribution in [0.25, 0.3) is 0 Å². The zero-order chi connectivity index (χ0) is 10.8. The van der Waals surface area contributed by atoms with Crippen LogP contribution in [0.15, 0.2) is 0 Å². The molecule has 0 aliphatic rings. The first-order valence-electron chi connectivity index (χ1n) is 4.47. The molecule has 0 aromatic carbocycles. The fourth-order valence-electron chi connectivity index (χ4n) is 0.906. The van der Waals surface area contributed by atoms with E-state index in [4.69, 9.17) is 5.11 Å². The molecule has 0 aliphatic carbocycles. The molecule has 0 saturated heterocycles. The van der Waals surface area contributed by atoms with E-state index in [0.29, 0.717) is 25.7 Å². The summed E-state index contributed by atoms with van der Waals surface area (Å²) in [6, 6.07) is 0. The Morgan fingerprint density at radius 2 is 2.14 bits per heavy atom. The van der Waals surface area contributed by atoms with E-state index in [2.05, 4.69) is 11.8 Å². The second-order valence-corrected chi connectivity index (χ2v) is 2.79. The Labute approximate surface area is 82.9 Å². The molecule has 0 aromatic heterocycles. The molecule has 1 atom stereocenters. The van der Waals surface area contributed by atoms with Gasteiger partial charge in [0.05, 0.1) is 0 Å². The predicted molar refractivity (Wildman–Crippen MR) is 50.4 cm³/mol. The first kappa shape index (κ1) is 12.8. The summed E-state index contributed by atoms with van der Waals surface area (Å²) < 4.78 is 0. The Morgan fingerprint density at radius 3 is 2.71 bits per heavy atom. The van der Waals surface area contributed by atoms with E-state index >= 15 is 0 Å². The van der Waals surface area contributed by atoms with Crippen LogP contribution in [-0.4, -0.2) is 35.0 Å². The first-order valence-corrected chi connectivity index (χ1v) is 4.47. The number of aliphatic hydroxyl groups is 2. The van der Waals surface area contributed by atoms with Crippen LogP contribution in [0.1, 0.15) is 25.7 Å². The van der Waals surface area contributed by atoms with Crippen LogP contribution >= 0.6 is 0 Å². The molecule has 14 heavy (non-hydrogen) atoms. The van der Waals surface area contributed by atoms with Crippen LogP contribution in [-0.2, 0) is 9.59 Å². The molecule has 0 radical (unpaired) electrons. The van der Waals surface area contributed by atoms with Gasteiger partial charge in [-0.1, -0.05) is 5.92 Å². The monoisotopic (exact) mass is 198 g/mol. The van der Waals surface area contributed by atoms with Crippen molar-refractivity contribution in [1.29, 1.82) is 0 Å². The second kappa shape index (κ2) is 8.42. The van der Waals surface area contributed by atoms with Crippen LogP contribution in [0, 0.1) is 11.8 Å². The van der Waals surface area contributed by atoms with Gasteiger partial charge in [-0.3, -0.25) is 4.79 Å². The lowest BCUT2D eigenvalue weighted by molar-refractivity contribution is -0.121. The third-order valence-electron chi connectivity index (χ3n) is 1.64. The molecule has 4 heteroatoms. The highest BCUT2D eigenvalue weighted by Gasteiger charge is 2.11. The molecule has 0 heterocycles. The van der Waals surface area contributed by atoms with Gasteiger partial charge < -0.3 is 15.0 Å². The third kappa shape index (κ3) is 6.35. The van der Waals surface area contributed by atoms with Crippen LogP contribution in [0.5, 0.6) is 0 Å². The van der Waals surface area contributed by atoms with Gasteiger partial charge in [-0.05, 0) is 25.2 Å². The van der Waals surface area contributed by atoms with Crippen molar-refractivity contribution >= 4 is 12.1 Å². The van der Waals surface area contributed by atoms with Crippen molar-refractivity contribution in [2.45, 2.75) is 31.8 Å². The van der Waals surface area contributed by atoms with Gasteiger partial charge >= 0.3 is 0 Å².